The van der Waals surface area contributed by atoms with E-state index < -0.39 is 11.7 Å². The molecule has 0 saturated heterocycles. The van der Waals surface area contributed by atoms with Gasteiger partial charge in [-0.05, 0) is 43.0 Å². The summed E-state index contributed by atoms with van der Waals surface area (Å²) in [7, 11) is 3.39. The van der Waals surface area contributed by atoms with Crippen LogP contribution >= 0.6 is 23.1 Å². The Bertz CT molecular complexity index is 1250. The molecule has 4 rings (SSSR count). The number of H-pyrrole nitrogens is 1. The summed E-state index contributed by atoms with van der Waals surface area (Å²) in [5.41, 5.74) is 0.802. The molecule has 1 amide bonds. The van der Waals surface area contributed by atoms with Gasteiger partial charge in [-0.1, -0.05) is 0 Å². The van der Waals surface area contributed by atoms with Gasteiger partial charge in [-0.15, -0.1) is 11.3 Å². The van der Waals surface area contributed by atoms with Crippen LogP contribution < -0.4 is 15.8 Å². The molecule has 0 fully saturated rings. The van der Waals surface area contributed by atoms with Crippen molar-refractivity contribution in [2.45, 2.75) is 37.6 Å². The third-order valence-electron chi connectivity index (χ3n) is 5.42. The number of fused-ring (bicyclic) bond motifs is 3. The number of benzene rings is 1. The van der Waals surface area contributed by atoms with Gasteiger partial charge in [0.25, 0.3) is 5.56 Å². The minimum Gasteiger partial charge on any atom is -0.376 e. The molecule has 1 aliphatic rings. The van der Waals surface area contributed by atoms with Crippen molar-refractivity contribution >= 4 is 50.6 Å². The van der Waals surface area contributed by atoms with Crippen molar-refractivity contribution in [3.8, 4) is 0 Å². The fourth-order valence-electron chi connectivity index (χ4n) is 3.86. The average Bonchev–Trinajstić information content (AvgIpc) is 3.31. The number of halogens is 3. The number of anilines is 2. The second-order valence-corrected chi connectivity index (χ2v) is 10.2. The average molecular weight is 497 g/mol. The first-order valence-electron chi connectivity index (χ1n) is 10.4. The van der Waals surface area contributed by atoms with Crippen molar-refractivity contribution in [2.24, 2.45) is 0 Å². The first-order valence-corrected chi connectivity index (χ1v) is 12.4. The van der Waals surface area contributed by atoms with Gasteiger partial charge >= 0.3 is 6.18 Å². The van der Waals surface area contributed by atoms with Gasteiger partial charge in [0.2, 0.25) is 5.91 Å². The Labute approximate surface area is 196 Å². The molecule has 33 heavy (non-hydrogen) atoms. The maximum Gasteiger partial charge on any atom is 0.416 e. The maximum absolute atomic E-state index is 13.1. The Morgan fingerprint density at radius 1 is 1.30 bits per heavy atom. The third-order valence-corrected chi connectivity index (χ3v) is 7.57. The standard InChI is InChI=1S/C22H23F3N4O2S2/c1-29(2)15-7-6-12(22(23,24)25)10-14(15)26-18(30)8-9-32-11-17-27-20(31)19-13-4-3-5-16(13)33-21(19)28-17/h6-7,10H,3-5,8-9,11H2,1-2H3,(H,26,30)(H,27,28,31). The largest absolute Gasteiger partial charge is 0.416 e. The highest BCUT2D eigenvalue weighted by molar-refractivity contribution is 7.98. The molecular weight excluding hydrogens is 473 g/mol. The predicted molar refractivity (Wildman–Crippen MR) is 127 cm³/mol. The topological polar surface area (TPSA) is 78.1 Å². The molecule has 2 heterocycles. The molecule has 0 saturated carbocycles. The van der Waals surface area contributed by atoms with Crippen molar-refractivity contribution in [1.82, 2.24) is 9.97 Å². The number of alkyl halides is 3. The van der Waals surface area contributed by atoms with Crippen LogP contribution in [0.2, 0.25) is 0 Å². The first-order chi connectivity index (χ1) is 15.6. The number of carbonyl (C=O) groups is 1. The molecule has 0 atom stereocenters. The summed E-state index contributed by atoms with van der Waals surface area (Å²) in [6.45, 7) is 0. The molecule has 1 aliphatic carbocycles. The number of hydrogen-bond donors (Lipinski definition) is 2. The number of carbonyl (C=O) groups excluding carboxylic acids is 1. The summed E-state index contributed by atoms with van der Waals surface area (Å²) in [5.74, 6) is 1.06. The zero-order valence-corrected chi connectivity index (χ0v) is 19.8. The summed E-state index contributed by atoms with van der Waals surface area (Å²) in [4.78, 5) is 35.9. The third kappa shape index (κ3) is 5.19. The highest BCUT2D eigenvalue weighted by Crippen LogP contribution is 2.36. The van der Waals surface area contributed by atoms with Crippen LogP contribution in [0.3, 0.4) is 0 Å². The Kier molecular flexibility index (Phi) is 6.71. The lowest BCUT2D eigenvalue weighted by Crippen LogP contribution is -2.18. The van der Waals surface area contributed by atoms with Crippen LogP contribution in [0, 0.1) is 0 Å². The summed E-state index contributed by atoms with van der Waals surface area (Å²) in [6.07, 6.45) is -1.38. The molecule has 0 radical (unpaired) electrons. The van der Waals surface area contributed by atoms with E-state index in [1.165, 1.54) is 22.7 Å². The summed E-state index contributed by atoms with van der Waals surface area (Å²) < 4.78 is 39.2. The van der Waals surface area contributed by atoms with E-state index in [4.69, 9.17) is 0 Å². The number of thiophene rings is 1. The summed E-state index contributed by atoms with van der Waals surface area (Å²) >= 11 is 3.01. The maximum atomic E-state index is 13.1. The van der Waals surface area contributed by atoms with Crippen LogP contribution in [0.4, 0.5) is 24.5 Å². The van der Waals surface area contributed by atoms with Gasteiger partial charge in [-0.25, -0.2) is 4.98 Å². The summed E-state index contributed by atoms with van der Waals surface area (Å²) in [6, 6.07) is 3.28. The van der Waals surface area contributed by atoms with E-state index >= 15 is 0 Å². The molecule has 3 aromatic rings. The number of hydrogen-bond acceptors (Lipinski definition) is 6. The van der Waals surface area contributed by atoms with Gasteiger partial charge in [0, 0.05) is 31.1 Å². The lowest BCUT2D eigenvalue weighted by Gasteiger charge is -2.19. The molecule has 176 valence electrons. The summed E-state index contributed by atoms with van der Waals surface area (Å²) in [5, 5.41) is 3.30. The number of thioether (sulfide) groups is 1. The van der Waals surface area contributed by atoms with Gasteiger partial charge in [0.05, 0.1) is 28.1 Å². The van der Waals surface area contributed by atoms with E-state index in [0.717, 1.165) is 41.8 Å². The smallest absolute Gasteiger partial charge is 0.376 e. The molecular formula is C22H23F3N4O2S2. The van der Waals surface area contributed by atoms with Crippen molar-refractivity contribution in [2.75, 3.05) is 30.1 Å². The van der Waals surface area contributed by atoms with Gasteiger partial charge in [-0.2, -0.15) is 24.9 Å². The van der Waals surface area contributed by atoms with E-state index in [9.17, 15) is 22.8 Å². The molecule has 11 heteroatoms. The highest BCUT2D eigenvalue weighted by atomic mass is 32.2. The number of aromatic amines is 1. The molecule has 2 aromatic heterocycles. The van der Waals surface area contributed by atoms with E-state index in [2.05, 4.69) is 15.3 Å². The monoisotopic (exact) mass is 496 g/mol. The van der Waals surface area contributed by atoms with E-state index in [0.29, 0.717) is 28.4 Å². The van der Waals surface area contributed by atoms with Crippen molar-refractivity contribution in [3.05, 3.63) is 50.4 Å². The molecule has 0 aliphatic heterocycles. The van der Waals surface area contributed by atoms with Crippen molar-refractivity contribution in [1.29, 1.82) is 0 Å². The van der Waals surface area contributed by atoms with Gasteiger partial charge in [0.15, 0.2) is 0 Å². The van der Waals surface area contributed by atoms with E-state index in [-0.39, 0.29) is 23.6 Å². The lowest BCUT2D eigenvalue weighted by molar-refractivity contribution is -0.137. The second-order valence-electron chi connectivity index (χ2n) is 8.02. The van der Waals surface area contributed by atoms with Crippen LogP contribution in [0.15, 0.2) is 23.0 Å². The van der Waals surface area contributed by atoms with Crippen LogP contribution in [-0.4, -0.2) is 35.7 Å². The fourth-order valence-corrected chi connectivity index (χ4v) is 5.95. The molecule has 2 N–H and O–H groups in total. The van der Waals surface area contributed by atoms with Crippen LogP contribution in [-0.2, 0) is 29.6 Å². The van der Waals surface area contributed by atoms with Crippen molar-refractivity contribution < 1.29 is 18.0 Å². The minimum absolute atomic E-state index is 0.117. The Balaban J connectivity index is 1.35. The number of nitrogens with zero attached hydrogens (tertiary/aromatic N) is 2. The van der Waals surface area contributed by atoms with Crippen LogP contribution in [0.5, 0.6) is 0 Å². The molecule has 6 nitrogen and oxygen atoms in total. The van der Waals surface area contributed by atoms with E-state index in [1.807, 2.05) is 0 Å². The van der Waals surface area contributed by atoms with Crippen LogP contribution in [0.1, 0.15) is 34.7 Å². The molecule has 0 bridgehead atoms. The quantitative estimate of drug-likeness (QED) is 0.459. The number of aromatic nitrogens is 2. The van der Waals surface area contributed by atoms with Gasteiger partial charge in [0.1, 0.15) is 10.7 Å². The number of nitrogens with one attached hydrogen (secondary N) is 2. The Hall–Kier alpha value is -2.53. The van der Waals surface area contributed by atoms with Crippen LogP contribution in [0.25, 0.3) is 10.2 Å². The fraction of sp³-hybridized carbons (Fsp3) is 0.409. The minimum atomic E-state index is -4.49. The Morgan fingerprint density at radius 2 is 2.09 bits per heavy atom. The molecule has 1 aromatic carbocycles. The lowest BCUT2D eigenvalue weighted by atomic mass is 10.1. The number of rotatable bonds is 7. The number of aryl methyl sites for hydroxylation is 2. The van der Waals surface area contributed by atoms with E-state index in [1.54, 1.807) is 30.3 Å². The van der Waals surface area contributed by atoms with Crippen molar-refractivity contribution in [3.63, 3.8) is 0 Å². The molecule has 0 unspecified atom stereocenters. The Morgan fingerprint density at radius 3 is 2.82 bits per heavy atom. The highest BCUT2D eigenvalue weighted by Gasteiger charge is 2.31. The predicted octanol–water partition coefficient (Wildman–Crippen LogP) is 4.82. The normalized spacial score (nSPS) is 13.4. The number of amides is 1. The zero-order chi connectivity index (χ0) is 23.8. The molecule has 0 spiro atoms. The first kappa shape index (κ1) is 23.6. The zero-order valence-electron chi connectivity index (χ0n) is 18.1. The second kappa shape index (κ2) is 9.38. The SMILES string of the molecule is CN(C)c1ccc(C(F)(F)F)cc1NC(=O)CCSCc1nc2sc3c(c2c(=O)[nH]1)CCC3. The van der Waals surface area contributed by atoms with Gasteiger partial charge < -0.3 is 15.2 Å². The van der Waals surface area contributed by atoms with Gasteiger partial charge in [-0.3, -0.25) is 9.59 Å².